The minimum atomic E-state index is -0.539. The summed E-state index contributed by atoms with van der Waals surface area (Å²) in [5.41, 5.74) is -0.120. The van der Waals surface area contributed by atoms with E-state index in [1.807, 2.05) is 6.07 Å². The second-order valence-electron chi connectivity index (χ2n) is 4.84. The molecule has 0 aliphatic heterocycles. The zero-order valence-corrected chi connectivity index (χ0v) is 12.6. The molecule has 1 heterocycles. The number of thioether (sulfide) groups is 1. The Hall–Kier alpha value is -2.65. The summed E-state index contributed by atoms with van der Waals surface area (Å²) in [4.78, 5) is 14.6. The molecule has 6 heteroatoms. The molecule has 1 aromatic heterocycles. The minimum absolute atomic E-state index is 0.0600. The predicted octanol–water partition coefficient (Wildman–Crippen LogP) is 3.97. The largest absolute Gasteiger partial charge is 0.315 e. The second-order valence-corrected chi connectivity index (χ2v) is 5.83. The smallest absolute Gasteiger partial charge is 0.267 e. The monoisotopic (exact) mass is 328 g/mol. The van der Waals surface area contributed by atoms with Crippen LogP contribution in [0.15, 0.2) is 52.3 Å². The first-order chi connectivity index (χ1) is 11.1. The van der Waals surface area contributed by atoms with Gasteiger partial charge in [-0.05, 0) is 29.8 Å². The number of halogens is 2. The Labute approximate surface area is 134 Å². The highest BCUT2D eigenvalue weighted by molar-refractivity contribution is 7.98. The van der Waals surface area contributed by atoms with Crippen LogP contribution in [0.2, 0.25) is 0 Å². The van der Waals surface area contributed by atoms with Crippen molar-refractivity contribution in [3.05, 3.63) is 75.6 Å². The van der Waals surface area contributed by atoms with Crippen molar-refractivity contribution in [1.29, 1.82) is 5.26 Å². The van der Waals surface area contributed by atoms with Crippen LogP contribution in [0.1, 0.15) is 11.1 Å². The molecule has 0 radical (unpaired) electrons. The maximum atomic E-state index is 13.7. The number of fused-ring (bicyclic) bond motifs is 1. The van der Waals surface area contributed by atoms with E-state index in [1.165, 1.54) is 36.0 Å². The third-order valence-electron chi connectivity index (χ3n) is 3.39. The van der Waals surface area contributed by atoms with Gasteiger partial charge in [-0.2, -0.15) is 5.26 Å². The lowest BCUT2D eigenvalue weighted by Crippen LogP contribution is -2.12. The fourth-order valence-electron chi connectivity index (χ4n) is 2.27. The van der Waals surface area contributed by atoms with Crippen LogP contribution in [0, 0.1) is 23.0 Å². The van der Waals surface area contributed by atoms with E-state index in [1.54, 1.807) is 18.2 Å². The van der Waals surface area contributed by atoms with Crippen LogP contribution in [0.4, 0.5) is 8.78 Å². The average Bonchev–Trinajstić information content (AvgIpc) is 2.54. The number of pyridine rings is 1. The highest BCUT2D eigenvalue weighted by atomic mass is 32.2. The van der Waals surface area contributed by atoms with E-state index in [0.29, 0.717) is 21.4 Å². The van der Waals surface area contributed by atoms with Gasteiger partial charge in [-0.25, -0.2) is 8.78 Å². The van der Waals surface area contributed by atoms with E-state index in [9.17, 15) is 13.6 Å². The minimum Gasteiger partial charge on any atom is -0.315 e. The molecule has 0 spiro atoms. The summed E-state index contributed by atoms with van der Waals surface area (Å²) in [6.07, 6.45) is 0. The van der Waals surface area contributed by atoms with Gasteiger partial charge < -0.3 is 4.98 Å². The number of H-pyrrole nitrogens is 1. The summed E-state index contributed by atoms with van der Waals surface area (Å²) < 4.78 is 27.2. The first-order valence-electron chi connectivity index (χ1n) is 6.72. The molecule has 0 unspecified atom stereocenters. The number of nitrogens with zero attached hydrogens (tertiary/aromatic N) is 1. The molecule has 0 saturated carbocycles. The van der Waals surface area contributed by atoms with Crippen LogP contribution in [0.3, 0.4) is 0 Å². The van der Waals surface area contributed by atoms with Gasteiger partial charge in [0.25, 0.3) is 5.56 Å². The van der Waals surface area contributed by atoms with Gasteiger partial charge in [0, 0.05) is 16.5 Å². The van der Waals surface area contributed by atoms with Gasteiger partial charge in [0.2, 0.25) is 0 Å². The molecule has 0 atom stereocenters. The molecular formula is C17H10F2N2OS. The fourth-order valence-corrected chi connectivity index (χ4v) is 3.29. The molecule has 0 aliphatic rings. The second kappa shape index (κ2) is 6.23. The van der Waals surface area contributed by atoms with Gasteiger partial charge in [0.1, 0.15) is 23.3 Å². The average molecular weight is 328 g/mol. The van der Waals surface area contributed by atoms with Crippen LogP contribution in [0.5, 0.6) is 0 Å². The molecule has 0 amide bonds. The van der Waals surface area contributed by atoms with Crippen molar-refractivity contribution < 1.29 is 8.78 Å². The molecule has 114 valence electrons. The third kappa shape index (κ3) is 2.96. The summed E-state index contributed by atoms with van der Waals surface area (Å²) in [5.74, 6) is -0.534. The lowest BCUT2D eigenvalue weighted by molar-refractivity contribution is 0.617. The van der Waals surface area contributed by atoms with E-state index in [4.69, 9.17) is 5.26 Å². The van der Waals surface area contributed by atoms with E-state index in [0.717, 1.165) is 0 Å². The summed E-state index contributed by atoms with van der Waals surface area (Å²) >= 11 is 1.19. The summed E-state index contributed by atoms with van der Waals surface area (Å²) in [5, 5.41) is 10.3. The van der Waals surface area contributed by atoms with Gasteiger partial charge in [0.05, 0.1) is 5.03 Å². The summed E-state index contributed by atoms with van der Waals surface area (Å²) in [6, 6.07) is 12.0. The number of hydrogen-bond donors (Lipinski definition) is 1. The van der Waals surface area contributed by atoms with Gasteiger partial charge in [-0.3, -0.25) is 4.79 Å². The zero-order valence-electron chi connectivity index (χ0n) is 11.8. The number of benzene rings is 2. The van der Waals surface area contributed by atoms with Crippen molar-refractivity contribution in [2.45, 2.75) is 10.8 Å². The van der Waals surface area contributed by atoms with E-state index < -0.39 is 11.4 Å². The van der Waals surface area contributed by atoms with Crippen molar-refractivity contribution in [2.75, 3.05) is 0 Å². The fraction of sp³-hybridized carbons (Fsp3) is 0.0588. The molecule has 3 aromatic rings. The summed E-state index contributed by atoms with van der Waals surface area (Å²) in [7, 11) is 0. The van der Waals surface area contributed by atoms with E-state index in [-0.39, 0.29) is 17.1 Å². The number of rotatable bonds is 3. The Bertz CT molecular complexity index is 992. The Morgan fingerprint density at radius 1 is 1.13 bits per heavy atom. The van der Waals surface area contributed by atoms with E-state index >= 15 is 0 Å². The van der Waals surface area contributed by atoms with Crippen molar-refractivity contribution in [3.63, 3.8) is 0 Å². The lowest BCUT2D eigenvalue weighted by atomic mass is 10.1. The normalized spacial score (nSPS) is 10.7. The maximum absolute atomic E-state index is 13.7. The molecule has 3 nitrogen and oxygen atoms in total. The molecule has 2 aromatic carbocycles. The third-order valence-corrected chi connectivity index (χ3v) is 4.46. The van der Waals surface area contributed by atoms with Crippen molar-refractivity contribution >= 4 is 22.5 Å². The highest BCUT2D eigenvalue weighted by Crippen LogP contribution is 2.29. The maximum Gasteiger partial charge on any atom is 0.267 e. The Morgan fingerprint density at radius 3 is 2.65 bits per heavy atom. The molecule has 0 bridgehead atoms. The van der Waals surface area contributed by atoms with Gasteiger partial charge in [-0.1, -0.05) is 18.2 Å². The van der Waals surface area contributed by atoms with Gasteiger partial charge >= 0.3 is 0 Å². The lowest BCUT2D eigenvalue weighted by Gasteiger charge is -2.08. The van der Waals surface area contributed by atoms with Gasteiger partial charge in [-0.15, -0.1) is 11.8 Å². The van der Waals surface area contributed by atoms with Crippen molar-refractivity contribution in [2.24, 2.45) is 0 Å². The molecule has 0 saturated heterocycles. The number of nitrogens with one attached hydrogen (secondary N) is 1. The van der Waals surface area contributed by atoms with Crippen LogP contribution >= 0.6 is 11.8 Å². The quantitative estimate of drug-likeness (QED) is 0.740. The number of nitriles is 1. The highest BCUT2D eigenvalue weighted by Gasteiger charge is 2.13. The first-order valence-corrected chi connectivity index (χ1v) is 7.70. The van der Waals surface area contributed by atoms with Crippen molar-refractivity contribution in [3.8, 4) is 6.07 Å². The van der Waals surface area contributed by atoms with Crippen LogP contribution in [-0.4, -0.2) is 4.98 Å². The topological polar surface area (TPSA) is 56.6 Å². The molecule has 0 fully saturated rings. The van der Waals surface area contributed by atoms with E-state index in [2.05, 4.69) is 4.98 Å². The molecule has 3 rings (SSSR count). The van der Waals surface area contributed by atoms with Crippen LogP contribution in [0.25, 0.3) is 10.8 Å². The molecule has 0 aliphatic carbocycles. The Balaban J connectivity index is 2.08. The van der Waals surface area contributed by atoms with Gasteiger partial charge in [0.15, 0.2) is 0 Å². The SMILES string of the molecule is N#Cc1c(=O)[nH]c(SCc2ccccc2F)c2cc(F)ccc12. The predicted molar refractivity (Wildman–Crippen MR) is 85.2 cm³/mol. The molecular weight excluding hydrogens is 318 g/mol. The number of aromatic nitrogens is 1. The van der Waals surface area contributed by atoms with Crippen molar-refractivity contribution in [1.82, 2.24) is 4.98 Å². The Morgan fingerprint density at radius 2 is 1.91 bits per heavy atom. The number of aromatic amines is 1. The zero-order chi connectivity index (χ0) is 16.4. The number of hydrogen-bond acceptors (Lipinski definition) is 3. The standard InChI is InChI=1S/C17H10F2N2OS/c18-11-5-6-12-13(7-11)17(21-16(22)14(12)8-20)23-9-10-3-1-2-4-15(10)19/h1-7H,9H2,(H,21,22). The van der Waals surface area contributed by atoms with Crippen LogP contribution < -0.4 is 5.56 Å². The first kappa shape index (κ1) is 15.3. The van der Waals surface area contributed by atoms with Crippen LogP contribution in [-0.2, 0) is 5.75 Å². The molecule has 23 heavy (non-hydrogen) atoms. The summed E-state index contributed by atoms with van der Waals surface area (Å²) in [6.45, 7) is 0. The molecule has 1 N–H and O–H groups in total. The Kier molecular flexibility index (Phi) is 4.13.